The highest BCUT2D eigenvalue weighted by Crippen LogP contribution is 2.16. The van der Waals surface area contributed by atoms with Crippen LogP contribution in [-0.4, -0.2) is 46.9 Å². The summed E-state index contributed by atoms with van der Waals surface area (Å²) in [5.41, 5.74) is -0.457. The van der Waals surface area contributed by atoms with E-state index in [0.29, 0.717) is 24.2 Å². The van der Waals surface area contributed by atoms with Crippen molar-refractivity contribution in [3.05, 3.63) is 32.1 Å². The first kappa shape index (κ1) is 16.1. The number of rotatable bonds is 1. The smallest absolute Gasteiger partial charge is 0.410 e. The average Bonchev–Trinajstić information content (AvgIpc) is 2.35. The molecular formula is C14H22N4O4. The maximum atomic E-state index is 12.5. The van der Waals surface area contributed by atoms with Crippen molar-refractivity contribution in [2.75, 3.05) is 25.6 Å². The number of ether oxygens (including phenoxy) is 1. The molecule has 0 bridgehead atoms. The number of hydrogen-bond donors (Lipinski definition) is 1. The van der Waals surface area contributed by atoms with Gasteiger partial charge in [-0.1, -0.05) is 0 Å². The highest BCUT2D eigenvalue weighted by atomic mass is 16.6. The van der Waals surface area contributed by atoms with E-state index in [2.05, 4.69) is 4.98 Å². The zero-order chi connectivity index (χ0) is 16.7. The summed E-state index contributed by atoms with van der Waals surface area (Å²) in [5.74, 6) is 0. The van der Waals surface area contributed by atoms with Gasteiger partial charge in [-0.3, -0.25) is 4.79 Å². The van der Waals surface area contributed by atoms with E-state index in [1.165, 1.54) is 9.91 Å². The van der Waals surface area contributed by atoms with Gasteiger partial charge in [-0.25, -0.2) is 9.59 Å². The lowest BCUT2D eigenvalue weighted by molar-refractivity contribution is 0.0221. The van der Waals surface area contributed by atoms with Crippen molar-refractivity contribution in [3.8, 4) is 0 Å². The molecule has 0 saturated heterocycles. The fourth-order valence-corrected chi connectivity index (χ4v) is 2.35. The summed E-state index contributed by atoms with van der Waals surface area (Å²) in [6.45, 7) is 5.91. The Labute approximate surface area is 128 Å². The Morgan fingerprint density at radius 2 is 1.91 bits per heavy atom. The number of nitrogens with zero attached hydrogens (tertiary/aromatic N) is 3. The number of hydrogen-bond acceptors (Lipinski definition) is 5. The van der Waals surface area contributed by atoms with Gasteiger partial charge in [0, 0.05) is 32.8 Å². The molecule has 2 rings (SSSR count). The molecule has 0 spiro atoms. The van der Waals surface area contributed by atoms with Crippen LogP contribution >= 0.6 is 0 Å². The van der Waals surface area contributed by atoms with E-state index in [4.69, 9.17) is 4.74 Å². The zero-order valence-corrected chi connectivity index (χ0v) is 13.6. The normalized spacial score (nSPS) is 14.5. The van der Waals surface area contributed by atoms with E-state index in [9.17, 15) is 14.4 Å². The van der Waals surface area contributed by atoms with E-state index >= 15 is 0 Å². The number of nitrogens with one attached hydrogen (secondary N) is 1. The number of amides is 1. The fraction of sp³-hybridized carbons (Fsp3) is 0.643. The van der Waals surface area contributed by atoms with Gasteiger partial charge in [0.25, 0.3) is 5.56 Å². The number of H-pyrrole nitrogens is 1. The Kier molecular flexibility index (Phi) is 4.04. The first-order chi connectivity index (χ1) is 10.1. The summed E-state index contributed by atoms with van der Waals surface area (Å²) < 4.78 is 6.34. The number of fused-ring (bicyclic) bond motifs is 1. The quantitative estimate of drug-likeness (QED) is 0.790. The van der Waals surface area contributed by atoms with E-state index < -0.39 is 22.9 Å². The number of aromatic amines is 1. The molecule has 0 saturated carbocycles. The molecule has 122 valence electrons. The minimum absolute atomic E-state index is 0.133. The lowest BCUT2D eigenvalue weighted by Crippen LogP contribution is -2.51. The Balaban J connectivity index is 2.34. The Morgan fingerprint density at radius 1 is 1.27 bits per heavy atom. The molecule has 8 nitrogen and oxygen atoms in total. The van der Waals surface area contributed by atoms with Gasteiger partial charge in [0.05, 0.1) is 12.1 Å². The molecule has 0 aromatic carbocycles. The maximum Gasteiger partial charge on any atom is 0.410 e. The molecule has 1 aromatic heterocycles. The molecule has 1 N–H and O–H groups in total. The first-order valence-electron chi connectivity index (χ1n) is 7.13. The monoisotopic (exact) mass is 310 g/mol. The minimum atomic E-state index is -0.591. The van der Waals surface area contributed by atoms with Gasteiger partial charge in [0.15, 0.2) is 0 Å². The lowest BCUT2D eigenvalue weighted by atomic mass is 10.1. The van der Waals surface area contributed by atoms with Gasteiger partial charge in [-0.2, -0.15) is 4.68 Å². The summed E-state index contributed by atoms with van der Waals surface area (Å²) >= 11 is 0. The molecule has 0 unspecified atom stereocenters. The molecule has 1 aliphatic heterocycles. The van der Waals surface area contributed by atoms with Crippen LogP contribution in [0.2, 0.25) is 0 Å². The van der Waals surface area contributed by atoms with Gasteiger partial charge in [0.2, 0.25) is 0 Å². The van der Waals surface area contributed by atoms with Crippen molar-refractivity contribution in [2.24, 2.45) is 0 Å². The molecule has 22 heavy (non-hydrogen) atoms. The molecule has 1 aliphatic rings. The third-order valence-electron chi connectivity index (χ3n) is 3.30. The highest BCUT2D eigenvalue weighted by Gasteiger charge is 2.28. The largest absolute Gasteiger partial charge is 0.444 e. The minimum Gasteiger partial charge on any atom is -0.444 e. The Bertz CT molecular complexity index is 696. The summed E-state index contributed by atoms with van der Waals surface area (Å²) in [5, 5.41) is 1.41. The van der Waals surface area contributed by atoms with Crippen LogP contribution < -0.4 is 16.3 Å². The zero-order valence-electron chi connectivity index (χ0n) is 13.6. The lowest BCUT2D eigenvalue weighted by Gasteiger charge is -2.31. The molecule has 0 fully saturated rings. The predicted molar refractivity (Wildman–Crippen MR) is 81.7 cm³/mol. The molecule has 8 heteroatoms. The van der Waals surface area contributed by atoms with Crippen molar-refractivity contribution in [1.29, 1.82) is 0 Å². The fourth-order valence-electron chi connectivity index (χ4n) is 2.35. The van der Waals surface area contributed by atoms with Crippen molar-refractivity contribution in [3.63, 3.8) is 0 Å². The van der Waals surface area contributed by atoms with Crippen molar-refractivity contribution in [2.45, 2.75) is 39.3 Å². The van der Waals surface area contributed by atoms with Crippen molar-refractivity contribution >= 4 is 6.09 Å². The van der Waals surface area contributed by atoms with Crippen LogP contribution in [0, 0.1) is 0 Å². The predicted octanol–water partition coefficient (Wildman–Crippen LogP) is 0.0274. The van der Waals surface area contributed by atoms with Crippen LogP contribution in [0.4, 0.5) is 4.79 Å². The van der Waals surface area contributed by atoms with E-state index in [-0.39, 0.29) is 6.54 Å². The number of aromatic nitrogens is 2. The van der Waals surface area contributed by atoms with Crippen LogP contribution in [0.25, 0.3) is 0 Å². The molecule has 2 heterocycles. The van der Waals surface area contributed by atoms with Gasteiger partial charge >= 0.3 is 11.8 Å². The second kappa shape index (κ2) is 5.51. The summed E-state index contributed by atoms with van der Waals surface area (Å²) in [4.78, 5) is 40.7. The molecule has 0 radical (unpaired) electrons. The van der Waals surface area contributed by atoms with E-state index in [1.807, 2.05) is 0 Å². The molecule has 0 atom stereocenters. The molecule has 1 aromatic rings. The van der Waals surface area contributed by atoms with Gasteiger partial charge < -0.3 is 19.6 Å². The van der Waals surface area contributed by atoms with Crippen LogP contribution in [0.15, 0.2) is 9.59 Å². The van der Waals surface area contributed by atoms with Crippen LogP contribution in [0.1, 0.15) is 32.0 Å². The van der Waals surface area contributed by atoms with Crippen LogP contribution in [0.5, 0.6) is 0 Å². The SMILES string of the molecule is CN(C)n1c(=O)[nH]c2c(c1=O)CN(C(=O)OC(C)(C)C)CC2. The third kappa shape index (κ3) is 3.15. The Morgan fingerprint density at radius 3 is 2.45 bits per heavy atom. The molecule has 1 amide bonds. The van der Waals surface area contributed by atoms with Gasteiger partial charge in [-0.15, -0.1) is 0 Å². The second-order valence-electron chi connectivity index (χ2n) is 6.50. The average molecular weight is 310 g/mol. The third-order valence-corrected chi connectivity index (χ3v) is 3.30. The second-order valence-corrected chi connectivity index (χ2v) is 6.50. The summed E-state index contributed by atoms with van der Waals surface area (Å²) in [7, 11) is 3.22. The maximum absolute atomic E-state index is 12.5. The van der Waals surface area contributed by atoms with Crippen LogP contribution in [0.3, 0.4) is 0 Å². The van der Waals surface area contributed by atoms with Crippen molar-refractivity contribution < 1.29 is 9.53 Å². The standard InChI is InChI=1S/C14H22N4O4/c1-14(2,3)22-13(21)17-7-6-10-9(8-17)11(19)18(16(4)5)12(20)15-10/h6-8H2,1-5H3,(H,15,20). The van der Waals surface area contributed by atoms with Crippen molar-refractivity contribution in [1.82, 2.24) is 14.6 Å². The molecular weight excluding hydrogens is 288 g/mol. The number of carbonyl (C=O) groups excluding carboxylic acids is 1. The van der Waals surface area contributed by atoms with Crippen LogP contribution in [-0.2, 0) is 17.7 Å². The van der Waals surface area contributed by atoms with Gasteiger partial charge in [0.1, 0.15) is 5.60 Å². The summed E-state index contributed by atoms with van der Waals surface area (Å²) in [6.07, 6.45) is -0.0343. The first-order valence-corrected chi connectivity index (χ1v) is 7.13. The molecule has 0 aliphatic carbocycles. The summed E-state index contributed by atoms with van der Waals surface area (Å²) in [6, 6.07) is 0. The van der Waals surface area contributed by atoms with E-state index in [0.717, 1.165) is 4.68 Å². The number of carbonyl (C=O) groups is 1. The topological polar surface area (TPSA) is 87.6 Å². The Hall–Kier alpha value is -2.25. The highest BCUT2D eigenvalue weighted by molar-refractivity contribution is 5.68. The van der Waals surface area contributed by atoms with Gasteiger partial charge in [-0.05, 0) is 20.8 Å². The van der Waals surface area contributed by atoms with E-state index in [1.54, 1.807) is 34.9 Å².